The van der Waals surface area contributed by atoms with E-state index in [-0.39, 0.29) is 5.54 Å². The maximum atomic E-state index is 6.39. The lowest BCUT2D eigenvalue weighted by Crippen LogP contribution is -2.54. The summed E-state index contributed by atoms with van der Waals surface area (Å²) in [6.45, 7) is 3.09. The number of halogens is 1. The molecule has 0 aromatic heterocycles. The normalized spacial score (nSPS) is 29.8. The lowest BCUT2D eigenvalue weighted by Gasteiger charge is -2.45. The minimum atomic E-state index is 0.0496. The predicted octanol–water partition coefficient (Wildman–Crippen LogP) is 3.81. The summed E-state index contributed by atoms with van der Waals surface area (Å²) >= 11 is 6.39. The van der Waals surface area contributed by atoms with E-state index in [1.807, 2.05) is 24.3 Å². The van der Waals surface area contributed by atoms with Crippen LogP contribution in [0.25, 0.3) is 0 Å². The van der Waals surface area contributed by atoms with Crippen LogP contribution in [0.5, 0.6) is 0 Å². The molecule has 3 rings (SSSR count). The van der Waals surface area contributed by atoms with Crippen LogP contribution in [-0.2, 0) is 0 Å². The molecule has 1 spiro atoms. The summed E-state index contributed by atoms with van der Waals surface area (Å²) in [4.78, 5) is 6.75. The Labute approximate surface area is 125 Å². The van der Waals surface area contributed by atoms with Gasteiger partial charge in [-0.15, -0.1) is 0 Å². The van der Waals surface area contributed by atoms with Crippen LogP contribution >= 0.6 is 11.6 Å². The van der Waals surface area contributed by atoms with E-state index in [0.29, 0.717) is 5.96 Å². The van der Waals surface area contributed by atoms with Gasteiger partial charge in [0.25, 0.3) is 0 Å². The Morgan fingerprint density at radius 1 is 1.45 bits per heavy atom. The number of nitrogens with two attached hydrogens (primary N) is 1. The van der Waals surface area contributed by atoms with Crippen LogP contribution in [0.1, 0.15) is 39.0 Å². The fourth-order valence-corrected chi connectivity index (χ4v) is 4.00. The summed E-state index contributed by atoms with van der Waals surface area (Å²) in [5.41, 5.74) is 7.24. The van der Waals surface area contributed by atoms with Crippen LogP contribution in [0.15, 0.2) is 29.3 Å². The molecule has 1 fully saturated rings. The lowest BCUT2D eigenvalue weighted by molar-refractivity contribution is 0.235. The molecule has 1 aromatic rings. The first-order valence-corrected chi connectivity index (χ1v) is 7.89. The van der Waals surface area contributed by atoms with Crippen molar-refractivity contribution < 1.29 is 0 Å². The fourth-order valence-electron chi connectivity index (χ4n) is 3.78. The Morgan fingerprint density at radius 3 is 3.00 bits per heavy atom. The molecule has 20 heavy (non-hydrogen) atoms. The molecule has 1 heterocycles. The van der Waals surface area contributed by atoms with Crippen molar-refractivity contribution in [2.45, 2.75) is 44.6 Å². The Hall–Kier alpha value is -1.22. The zero-order chi connectivity index (χ0) is 14.2. The Balaban J connectivity index is 1.98. The van der Waals surface area contributed by atoms with E-state index in [9.17, 15) is 0 Å². The first-order chi connectivity index (χ1) is 9.66. The van der Waals surface area contributed by atoms with Crippen LogP contribution in [0.3, 0.4) is 0 Å². The van der Waals surface area contributed by atoms with Gasteiger partial charge >= 0.3 is 0 Å². The second-order valence-corrected chi connectivity index (χ2v) is 6.46. The van der Waals surface area contributed by atoms with Crippen molar-refractivity contribution in [3.05, 3.63) is 29.3 Å². The Morgan fingerprint density at radius 2 is 2.25 bits per heavy atom. The molecule has 1 aliphatic carbocycles. The van der Waals surface area contributed by atoms with Crippen molar-refractivity contribution in [3.63, 3.8) is 0 Å². The molecule has 108 valence electrons. The molecule has 2 aliphatic rings. The minimum absolute atomic E-state index is 0.0496. The van der Waals surface area contributed by atoms with Crippen molar-refractivity contribution in [2.24, 2.45) is 16.6 Å². The van der Waals surface area contributed by atoms with Crippen molar-refractivity contribution >= 4 is 23.2 Å². The molecule has 4 heteroatoms. The third kappa shape index (κ3) is 2.18. The predicted molar refractivity (Wildman–Crippen MR) is 85.4 cm³/mol. The summed E-state index contributed by atoms with van der Waals surface area (Å²) < 4.78 is 0. The monoisotopic (exact) mass is 291 g/mol. The average Bonchev–Trinajstić information content (AvgIpc) is 2.76. The van der Waals surface area contributed by atoms with Gasteiger partial charge in [-0.05, 0) is 30.9 Å². The van der Waals surface area contributed by atoms with Crippen molar-refractivity contribution in [1.29, 1.82) is 0 Å². The highest BCUT2D eigenvalue weighted by atomic mass is 35.5. The quantitative estimate of drug-likeness (QED) is 0.900. The van der Waals surface area contributed by atoms with Crippen LogP contribution in [0, 0.1) is 5.92 Å². The van der Waals surface area contributed by atoms with Gasteiger partial charge in [-0.25, -0.2) is 0 Å². The van der Waals surface area contributed by atoms with Crippen molar-refractivity contribution in [1.82, 2.24) is 0 Å². The zero-order valence-corrected chi connectivity index (χ0v) is 12.7. The SMILES string of the molecule is CCC1CCCC2(CN=C(N)N2c2ccccc2Cl)C1. The smallest absolute Gasteiger partial charge is 0.196 e. The summed E-state index contributed by atoms with van der Waals surface area (Å²) in [5.74, 6) is 1.39. The number of nitrogens with zero attached hydrogens (tertiary/aromatic N) is 2. The first kappa shape index (κ1) is 13.7. The fraction of sp³-hybridized carbons (Fsp3) is 0.562. The second-order valence-electron chi connectivity index (χ2n) is 6.06. The Kier molecular flexibility index (Phi) is 3.63. The first-order valence-electron chi connectivity index (χ1n) is 7.51. The van der Waals surface area contributed by atoms with Gasteiger partial charge in [-0.2, -0.15) is 0 Å². The molecular weight excluding hydrogens is 270 g/mol. The van der Waals surface area contributed by atoms with E-state index in [0.717, 1.165) is 29.6 Å². The molecule has 3 nitrogen and oxygen atoms in total. The zero-order valence-electron chi connectivity index (χ0n) is 12.0. The third-order valence-corrected chi connectivity index (χ3v) is 5.15. The number of anilines is 1. The van der Waals surface area contributed by atoms with E-state index >= 15 is 0 Å². The van der Waals surface area contributed by atoms with Gasteiger partial charge in [0.05, 0.1) is 22.8 Å². The number of guanidine groups is 1. The van der Waals surface area contributed by atoms with Gasteiger partial charge in [0.2, 0.25) is 0 Å². The molecule has 1 aliphatic heterocycles. The third-order valence-electron chi connectivity index (χ3n) is 4.83. The average molecular weight is 292 g/mol. The largest absolute Gasteiger partial charge is 0.369 e. The van der Waals surface area contributed by atoms with Gasteiger partial charge in [0.15, 0.2) is 5.96 Å². The molecule has 0 saturated heterocycles. The molecule has 0 radical (unpaired) electrons. The van der Waals surface area contributed by atoms with E-state index < -0.39 is 0 Å². The van der Waals surface area contributed by atoms with Gasteiger partial charge < -0.3 is 10.6 Å². The van der Waals surface area contributed by atoms with Crippen LogP contribution < -0.4 is 10.6 Å². The van der Waals surface area contributed by atoms with Gasteiger partial charge in [0, 0.05) is 0 Å². The highest BCUT2D eigenvalue weighted by molar-refractivity contribution is 6.34. The van der Waals surface area contributed by atoms with Crippen LogP contribution in [0.4, 0.5) is 5.69 Å². The summed E-state index contributed by atoms with van der Waals surface area (Å²) in [7, 11) is 0. The molecule has 2 N–H and O–H groups in total. The summed E-state index contributed by atoms with van der Waals surface area (Å²) in [6.07, 6.45) is 6.13. The number of para-hydroxylation sites is 1. The molecule has 0 bridgehead atoms. The van der Waals surface area contributed by atoms with E-state index in [1.165, 1.54) is 25.7 Å². The summed E-state index contributed by atoms with van der Waals surface area (Å²) in [5, 5.41) is 0.755. The highest BCUT2D eigenvalue weighted by Crippen LogP contribution is 2.44. The second kappa shape index (κ2) is 5.28. The maximum absolute atomic E-state index is 6.39. The minimum Gasteiger partial charge on any atom is -0.369 e. The van der Waals surface area contributed by atoms with Crippen LogP contribution in [0.2, 0.25) is 5.02 Å². The highest BCUT2D eigenvalue weighted by Gasteiger charge is 2.46. The molecule has 2 atom stereocenters. The van der Waals surface area contributed by atoms with E-state index in [2.05, 4.69) is 16.8 Å². The number of benzene rings is 1. The molecule has 2 unspecified atom stereocenters. The molecule has 1 saturated carbocycles. The number of rotatable bonds is 2. The number of aliphatic imine (C=N–C) groups is 1. The molecular formula is C16H22ClN3. The number of hydrogen-bond donors (Lipinski definition) is 1. The van der Waals surface area contributed by atoms with E-state index in [1.54, 1.807) is 0 Å². The maximum Gasteiger partial charge on any atom is 0.196 e. The molecule has 0 amide bonds. The lowest BCUT2D eigenvalue weighted by atomic mass is 9.74. The standard InChI is InChI=1S/C16H22ClN3/c1-2-12-6-5-9-16(10-12)11-19-15(18)20(16)14-8-4-3-7-13(14)17/h3-4,7-8,12H,2,5-6,9-11H2,1H3,(H2,18,19). The number of hydrogen-bond acceptors (Lipinski definition) is 3. The van der Waals surface area contributed by atoms with Gasteiger partial charge in [0.1, 0.15) is 0 Å². The Bertz CT molecular complexity index is 528. The van der Waals surface area contributed by atoms with Crippen molar-refractivity contribution in [3.8, 4) is 0 Å². The summed E-state index contributed by atoms with van der Waals surface area (Å²) in [6, 6.07) is 7.95. The van der Waals surface area contributed by atoms with E-state index in [4.69, 9.17) is 17.3 Å². The van der Waals surface area contributed by atoms with Gasteiger partial charge in [-0.3, -0.25) is 4.99 Å². The topological polar surface area (TPSA) is 41.6 Å². The van der Waals surface area contributed by atoms with Crippen LogP contribution in [-0.4, -0.2) is 18.0 Å². The molecule has 1 aromatic carbocycles. The van der Waals surface area contributed by atoms with Crippen molar-refractivity contribution in [2.75, 3.05) is 11.4 Å². The van der Waals surface area contributed by atoms with Gasteiger partial charge in [-0.1, -0.05) is 49.9 Å².